The van der Waals surface area contributed by atoms with E-state index in [0.717, 1.165) is 36.0 Å². The Bertz CT molecular complexity index is 612. The van der Waals surface area contributed by atoms with Gasteiger partial charge in [-0.15, -0.1) is 0 Å². The zero-order chi connectivity index (χ0) is 19.6. The van der Waals surface area contributed by atoms with Crippen molar-refractivity contribution >= 4 is 10.1 Å². The molecule has 0 aromatic heterocycles. The highest BCUT2D eigenvalue weighted by Crippen LogP contribution is 2.25. The lowest BCUT2D eigenvalue weighted by Crippen LogP contribution is -2.17. The van der Waals surface area contributed by atoms with Gasteiger partial charge in [0.25, 0.3) is 10.1 Å². The van der Waals surface area contributed by atoms with Crippen LogP contribution in [-0.2, 0) is 14.3 Å². The number of aryl methyl sites for hydroxylation is 3. The second-order valence-electron chi connectivity index (χ2n) is 7.71. The Labute approximate surface area is 161 Å². The highest BCUT2D eigenvalue weighted by molar-refractivity contribution is 7.86. The molecule has 0 heterocycles. The maximum Gasteiger partial charge on any atom is 0.297 e. The summed E-state index contributed by atoms with van der Waals surface area (Å²) in [5, 5.41) is 0. The van der Waals surface area contributed by atoms with E-state index in [9.17, 15) is 8.42 Å². The number of hydrogen-bond acceptors (Lipinski definition) is 3. The third-order valence-corrected chi connectivity index (χ3v) is 6.59. The molecule has 0 fully saturated rings. The molecule has 0 aliphatic rings. The first-order chi connectivity index (χ1) is 12.3. The molecular weight excluding hydrogens is 344 g/mol. The Hall–Kier alpha value is -0.870. The molecule has 0 bridgehead atoms. The topological polar surface area (TPSA) is 43.4 Å². The van der Waals surface area contributed by atoms with Gasteiger partial charge in [0.1, 0.15) is 0 Å². The van der Waals surface area contributed by atoms with Crippen molar-refractivity contribution in [2.75, 3.05) is 0 Å². The van der Waals surface area contributed by atoms with E-state index in [0.29, 0.717) is 4.90 Å². The van der Waals surface area contributed by atoms with Gasteiger partial charge in [-0.3, -0.25) is 4.18 Å². The SMILES string of the molecule is CCCCCCCCCCCC(C)OS(=O)(=O)c1c(C)cc(C)cc1C. The molecule has 150 valence electrons. The van der Waals surface area contributed by atoms with Crippen molar-refractivity contribution in [1.82, 2.24) is 0 Å². The molecule has 26 heavy (non-hydrogen) atoms. The van der Waals surface area contributed by atoms with Crippen molar-refractivity contribution in [2.45, 2.75) is 110 Å². The average Bonchev–Trinajstić information content (AvgIpc) is 2.51. The van der Waals surface area contributed by atoms with Crippen molar-refractivity contribution < 1.29 is 12.6 Å². The first kappa shape index (κ1) is 23.2. The molecule has 1 atom stereocenters. The van der Waals surface area contributed by atoms with Gasteiger partial charge in [0.2, 0.25) is 0 Å². The van der Waals surface area contributed by atoms with Crippen LogP contribution in [-0.4, -0.2) is 14.5 Å². The summed E-state index contributed by atoms with van der Waals surface area (Å²) in [5.41, 5.74) is 2.59. The first-order valence-electron chi connectivity index (χ1n) is 10.3. The molecule has 0 radical (unpaired) electrons. The van der Waals surface area contributed by atoms with Gasteiger partial charge in [-0.05, 0) is 45.2 Å². The van der Waals surface area contributed by atoms with Crippen LogP contribution in [0.5, 0.6) is 0 Å². The van der Waals surface area contributed by atoms with Gasteiger partial charge < -0.3 is 0 Å². The van der Waals surface area contributed by atoms with Gasteiger partial charge in [0, 0.05) is 0 Å². The minimum atomic E-state index is -3.70. The van der Waals surface area contributed by atoms with Gasteiger partial charge in [0.15, 0.2) is 0 Å². The summed E-state index contributed by atoms with van der Waals surface area (Å²) in [6.45, 7) is 9.75. The smallest absolute Gasteiger partial charge is 0.263 e. The number of rotatable bonds is 13. The van der Waals surface area contributed by atoms with E-state index in [1.165, 1.54) is 44.9 Å². The molecule has 0 N–H and O–H groups in total. The largest absolute Gasteiger partial charge is 0.297 e. The van der Waals surface area contributed by atoms with Crippen LogP contribution in [0, 0.1) is 20.8 Å². The number of unbranched alkanes of at least 4 members (excludes halogenated alkanes) is 8. The molecule has 1 aromatic rings. The lowest BCUT2D eigenvalue weighted by molar-refractivity contribution is 0.213. The second kappa shape index (κ2) is 11.8. The lowest BCUT2D eigenvalue weighted by Gasteiger charge is -2.16. The fourth-order valence-corrected chi connectivity index (χ4v) is 5.15. The summed E-state index contributed by atoms with van der Waals surface area (Å²) in [6.07, 6.45) is 11.9. The zero-order valence-corrected chi connectivity index (χ0v) is 18.3. The molecule has 1 unspecified atom stereocenters. The van der Waals surface area contributed by atoms with Crippen LogP contribution in [0.2, 0.25) is 0 Å². The Kier molecular flexibility index (Phi) is 10.5. The van der Waals surface area contributed by atoms with Crippen molar-refractivity contribution in [1.29, 1.82) is 0 Å². The summed E-state index contributed by atoms with van der Waals surface area (Å²) in [5.74, 6) is 0. The Morgan fingerprint density at radius 3 is 1.81 bits per heavy atom. The van der Waals surface area contributed by atoms with Crippen LogP contribution in [0.4, 0.5) is 0 Å². The Morgan fingerprint density at radius 2 is 1.31 bits per heavy atom. The van der Waals surface area contributed by atoms with E-state index in [1.54, 1.807) is 0 Å². The Morgan fingerprint density at radius 1 is 0.846 bits per heavy atom. The van der Waals surface area contributed by atoms with E-state index < -0.39 is 10.1 Å². The summed E-state index contributed by atoms with van der Waals surface area (Å²) in [4.78, 5) is 0.335. The van der Waals surface area contributed by atoms with Crippen LogP contribution >= 0.6 is 0 Å². The minimum absolute atomic E-state index is 0.273. The normalized spacial score (nSPS) is 13.1. The molecule has 3 nitrogen and oxygen atoms in total. The molecule has 4 heteroatoms. The van der Waals surface area contributed by atoms with Crippen LogP contribution in [0.3, 0.4) is 0 Å². The highest BCUT2D eigenvalue weighted by atomic mass is 32.2. The fraction of sp³-hybridized carbons (Fsp3) is 0.727. The zero-order valence-electron chi connectivity index (χ0n) is 17.4. The summed E-state index contributed by atoms with van der Waals surface area (Å²) in [7, 11) is -3.70. The third-order valence-electron chi connectivity index (χ3n) is 4.86. The first-order valence-corrected chi connectivity index (χ1v) is 11.7. The van der Waals surface area contributed by atoms with E-state index in [1.807, 2.05) is 39.8 Å². The van der Waals surface area contributed by atoms with Crippen LogP contribution in [0.25, 0.3) is 0 Å². The van der Waals surface area contributed by atoms with Crippen molar-refractivity contribution in [2.24, 2.45) is 0 Å². The molecule has 0 saturated carbocycles. The predicted octanol–water partition coefficient (Wildman–Crippen LogP) is 6.63. The van der Waals surface area contributed by atoms with Crippen LogP contribution in [0.15, 0.2) is 17.0 Å². The van der Waals surface area contributed by atoms with E-state index in [4.69, 9.17) is 4.18 Å². The highest BCUT2D eigenvalue weighted by Gasteiger charge is 2.23. The van der Waals surface area contributed by atoms with E-state index in [2.05, 4.69) is 6.92 Å². The monoisotopic (exact) mass is 382 g/mol. The van der Waals surface area contributed by atoms with Crippen molar-refractivity contribution in [3.8, 4) is 0 Å². The average molecular weight is 383 g/mol. The number of benzene rings is 1. The third kappa shape index (κ3) is 8.22. The van der Waals surface area contributed by atoms with Gasteiger partial charge in [-0.2, -0.15) is 8.42 Å². The molecule has 1 rings (SSSR count). The van der Waals surface area contributed by atoms with Gasteiger partial charge in [0.05, 0.1) is 11.0 Å². The minimum Gasteiger partial charge on any atom is -0.263 e. The quantitative estimate of drug-likeness (QED) is 0.284. The van der Waals surface area contributed by atoms with Gasteiger partial charge >= 0.3 is 0 Å². The molecule has 0 aliphatic heterocycles. The maximum absolute atomic E-state index is 12.6. The molecule has 0 aliphatic carbocycles. The van der Waals surface area contributed by atoms with E-state index in [-0.39, 0.29) is 6.10 Å². The van der Waals surface area contributed by atoms with Crippen LogP contribution in [0.1, 0.15) is 94.7 Å². The molecule has 0 saturated heterocycles. The maximum atomic E-state index is 12.6. The lowest BCUT2D eigenvalue weighted by atomic mass is 10.1. The van der Waals surface area contributed by atoms with Crippen LogP contribution < -0.4 is 0 Å². The summed E-state index contributed by atoms with van der Waals surface area (Å²) >= 11 is 0. The summed E-state index contributed by atoms with van der Waals surface area (Å²) in [6, 6.07) is 3.79. The molecule has 1 aromatic carbocycles. The van der Waals surface area contributed by atoms with Crippen molar-refractivity contribution in [3.63, 3.8) is 0 Å². The number of hydrogen-bond donors (Lipinski definition) is 0. The fourth-order valence-electron chi connectivity index (χ4n) is 3.62. The van der Waals surface area contributed by atoms with E-state index >= 15 is 0 Å². The second-order valence-corrected chi connectivity index (χ2v) is 9.21. The van der Waals surface area contributed by atoms with Gasteiger partial charge in [-0.1, -0.05) is 82.4 Å². The molecule has 0 spiro atoms. The summed E-state index contributed by atoms with van der Waals surface area (Å²) < 4.78 is 30.7. The predicted molar refractivity (Wildman–Crippen MR) is 110 cm³/mol. The van der Waals surface area contributed by atoms with Crippen molar-refractivity contribution in [3.05, 3.63) is 28.8 Å². The standard InChI is InChI=1S/C22H38O3S/c1-6-7-8-9-10-11-12-13-14-15-21(5)25-26(23,24)22-19(3)16-18(2)17-20(22)4/h16-17,21H,6-15H2,1-5H3. The molecular formula is C22H38O3S. The van der Waals surface area contributed by atoms with Gasteiger partial charge in [-0.25, -0.2) is 0 Å². The Balaban J connectivity index is 2.35. The molecule has 0 amide bonds.